The van der Waals surface area contributed by atoms with Gasteiger partial charge in [-0.15, -0.1) is 0 Å². The lowest BCUT2D eigenvalue weighted by Crippen LogP contribution is -2.18. The average molecular weight is 415 g/mol. The number of imidazole rings is 1. The maximum Gasteiger partial charge on any atom is 0.168 e. The molecule has 0 aliphatic carbocycles. The number of rotatable bonds is 6. The minimum Gasteiger partial charge on any atom is -0.497 e. The van der Waals surface area contributed by atoms with Crippen LogP contribution in [0, 0.1) is 0 Å². The van der Waals surface area contributed by atoms with Gasteiger partial charge >= 0.3 is 0 Å². The predicted octanol–water partition coefficient (Wildman–Crippen LogP) is 4.81. The lowest BCUT2D eigenvalue weighted by Gasteiger charge is -2.24. The van der Waals surface area contributed by atoms with Gasteiger partial charge in [0.05, 0.1) is 13.4 Å². The van der Waals surface area contributed by atoms with Crippen molar-refractivity contribution in [1.29, 1.82) is 0 Å². The van der Waals surface area contributed by atoms with Crippen LogP contribution in [0.2, 0.25) is 0 Å². The SMILES string of the molecule is COc1ccc(-c2nc(NCc3ccccc3)c3ncn(C4CCCCO4)c3n2)cc1. The monoisotopic (exact) mass is 415 g/mol. The summed E-state index contributed by atoms with van der Waals surface area (Å²) in [5.41, 5.74) is 3.63. The lowest BCUT2D eigenvalue weighted by molar-refractivity contribution is -0.0298. The van der Waals surface area contributed by atoms with Crippen molar-refractivity contribution in [1.82, 2.24) is 19.5 Å². The summed E-state index contributed by atoms with van der Waals surface area (Å²) in [6.07, 6.45) is 4.97. The summed E-state index contributed by atoms with van der Waals surface area (Å²) in [6, 6.07) is 18.0. The van der Waals surface area contributed by atoms with Gasteiger partial charge in [0.1, 0.15) is 12.0 Å². The fraction of sp³-hybridized carbons (Fsp3) is 0.292. The summed E-state index contributed by atoms with van der Waals surface area (Å²) < 4.78 is 13.3. The zero-order valence-electron chi connectivity index (χ0n) is 17.5. The minimum absolute atomic E-state index is 0.0423. The topological polar surface area (TPSA) is 74.1 Å². The first-order valence-electron chi connectivity index (χ1n) is 10.6. The molecule has 0 amide bonds. The van der Waals surface area contributed by atoms with Gasteiger partial charge in [0.2, 0.25) is 0 Å². The second-order valence-electron chi connectivity index (χ2n) is 7.61. The molecule has 4 aromatic rings. The Kier molecular flexibility index (Phi) is 5.50. The maximum atomic E-state index is 6.00. The number of ether oxygens (including phenoxy) is 2. The second kappa shape index (κ2) is 8.73. The van der Waals surface area contributed by atoms with Crippen LogP contribution in [0.4, 0.5) is 5.82 Å². The van der Waals surface area contributed by atoms with Gasteiger partial charge in [-0.05, 0) is 49.1 Å². The molecule has 1 N–H and O–H groups in total. The Bertz CT molecular complexity index is 1150. The Labute approximate surface area is 181 Å². The molecule has 7 nitrogen and oxygen atoms in total. The van der Waals surface area contributed by atoms with Crippen molar-refractivity contribution in [2.75, 3.05) is 19.0 Å². The first-order chi connectivity index (χ1) is 15.3. The number of anilines is 1. The van der Waals surface area contributed by atoms with Gasteiger partial charge < -0.3 is 14.8 Å². The van der Waals surface area contributed by atoms with Crippen LogP contribution in [0.15, 0.2) is 60.9 Å². The van der Waals surface area contributed by atoms with Gasteiger partial charge in [-0.2, -0.15) is 0 Å². The lowest BCUT2D eigenvalue weighted by atomic mass is 10.2. The number of methoxy groups -OCH3 is 1. The summed E-state index contributed by atoms with van der Waals surface area (Å²) in [7, 11) is 1.66. The molecule has 1 saturated heterocycles. The Morgan fingerprint density at radius 1 is 1.06 bits per heavy atom. The van der Waals surface area contributed by atoms with E-state index in [1.807, 2.05) is 53.4 Å². The van der Waals surface area contributed by atoms with Crippen LogP contribution >= 0.6 is 0 Å². The van der Waals surface area contributed by atoms with Crippen molar-refractivity contribution in [2.45, 2.75) is 32.0 Å². The molecular weight excluding hydrogens is 390 g/mol. The van der Waals surface area contributed by atoms with E-state index in [2.05, 4.69) is 22.4 Å². The largest absolute Gasteiger partial charge is 0.497 e. The fourth-order valence-electron chi connectivity index (χ4n) is 3.84. The highest BCUT2D eigenvalue weighted by molar-refractivity contribution is 5.85. The molecular formula is C24H25N5O2. The first kappa shape index (κ1) is 19.5. The normalized spacial score (nSPS) is 16.4. The standard InChI is InChI=1S/C24H25N5O2/c1-30-19-12-10-18(11-13-19)22-27-23(25-15-17-7-3-2-4-8-17)21-24(28-22)29(16-26-21)20-9-5-6-14-31-20/h2-4,7-8,10-13,16,20H,5-6,9,14-15H2,1H3,(H,25,27,28). The molecule has 1 aliphatic heterocycles. The zero-order chi connectivity index (χ0) is 21.0. The second-order valence-corrected chi connectivity index (χ2v) is 7.61. The van der Waals surface area contributed by atoms with Crippen molar-refractivity contribution in [2.24, 2.45) is 0 Å². The third kappa shape index (κ3) is 4.09. The third-order valence-corrected chi connectivity index (χ3v) is 5.54. The van der Waals surface area contributed by atoms with Crippen LogP contribution < -0.4 is 10.1 Å². The van der Waals surface area contributed by atoms with Gasteiger partial charge in [-0.25, -0.2) is 15.0 Å². The van der Waals surface area contributed by atoms with Crippen molar-refractivity contribution in [3.05, 3.63) is 66.5 Å². The van der Waals surface area contributed by atoms with Crippen molar-refractivity contribution < 1.29 is 9.47 Å². The average Bonchev–Trinajstić information content (AvgIpc) is 3.28. The van der Waals surface area contributed by atoms with E-state index < -0.39 is 0 Å². The van der Waals surface area contributed by atoms with Gasteiger partial charge in [-0.1, -0.05) is 30.3 Å². The van der Waals surface area contributed by atoms with E-state index in [1.54, 1.807) is 7.11 Å². The Balaban J connectivity index is 1.56. The zero-order valence-corrected chi connectivity index (χ0v) is 17.5. The predicted molar refractivity (Wildman–Crippen MR) is 120 cm³/mol. The molecule has 0 bridgehead atoms. The van der Waals surface area contributed by atoms with E-state index in [0.29, 0.717) is 18.2 Å². The molecule has 1 aliphatic rings. The van der Waals surface area contributed by atoms with E-state index in [4.69, 9.17) is 19.4 Å². The van der Waals surface area contributed by atoms with E-state index in [-0.39, 0.29) is 6.23 Å². The molecule has 3 heterocycles. The number of aromatic nitrogens is 4. The number of fused-ring (bicyclic) bond motifs is 1. The molecule has 1 atom stereocenters. The van der Waals surface area contributed by atoms with Gasteiger partial charge in [0.15, 0.2) is 22.8 Å². The summed E-state index contributed by atoms with van der Waals surface area (Å²) in [5.74, 6) is 2.16. The molecule has 7 heteroatoms. The summed E-state index contributed by atoms with van der Waals surface area (Å²) in [6.45, 7) is 1.42. The van der Waals surface area contributed by atoms with Crippen LogP contribution in [-0.4, -0.2) is 33.2 Å². The smallest absolute Gasteiger partial charge is 0.168 e. The molecule has 31 heavy (non-hydrogen) atoms. The highest BCUT2D eigenvalue weighted by atomic mass is 16.5. The Morgan fingerprint density at radius 2 is 1.90 bits per heavy atom. The van der Waals surface area contributed by atoms with E-state index in [9.17, 15) is 0 Å². The number of hydrogen-bond acceptors (Lipinski definition) is 6. The van der Waals surface area contributed by atoms with Crippen molar-refractivity contribution in [3.63, 3.8) is 0 Å². The van der Waals surface area contributed by atoms with E-state index in [0.717, 1.165) is 48.3 Å². The fourth-order valence-corrected chi connectivity index (χ4v) is 3.84. The maximum absolute atomic E-state index is 6.00. The van der Waals surface area contributed by atoms with Crippen LogP contribution in [0.3, 0.4) is 0 Å². The first-order valence-corrected chi connectivity index (χ1v) is 10.6. The molecule has 1 fully saturated rings. The summed E-state index contributed by atoms with van der Waals surface area (Å²) in [4.78, 5) is 14.3. The Hall–Kier alpha value is -3.45. The van der Waals surface area contributed by atoms with Gasteiger partial charge in [-0.3, -0.25) is 4.57 Å². The molecule has 0 radical (unpaired) electrons. The molecule has 2 aromatic heterocycles. The van der Waals surface area contributed by atoms with Gasteiger partial charge in [0.25, 0.3) is 0 Å². The number of nitrogens with zero attached hydrogens (tertiary/aromatic N) is 4. The van der Waals surface area contributed by atoms with E-state index >= 15 is 0 Å². The molecule has 1 unspecified atom stereocenters. The summed E-state index contributed by atoms with van der Waals surface area (Å²) in [5, 5.41) is 3.46. The van der Waals surface area contributed by atoms with Crippen LogP contribution in [0.1, 0.15) is 31.1 Å². The Morgan fingerprint density at radius 3 is 2.65 bits per heavy atom. The van der Waals surface area contributed by atoms with E-state index in [1.165, 1.54) is 5.56 Å². The minimum atomic E-state index is -0.0423. The third-order valence-electron chi connectivity index (χ3n) is 5.54. The van der Waals surface area contributed by atoms with Gasteiger partial charge in [0, 0.05) is 18.7 Å². The number of nitrogens with one attached hydrogen (secondary N) is 1. The number of benzene rings is 2. The van der Waals surface area contributed by atoms with Crippen LogP contribution in [0.25, 0.3) is 22.6 Å². The highest BCUT2D eigenvalue weighted by Crippen LogP contribution is 2.30. The molecule has 5 rings (SSSR count). The molecule has 2 aromatic carbocycles. The molecule has 158 valence electrons. The van der Waals surface area contributed by atoms with Crippen LogP contribution in [-0.2, 0) is 11.3 Å². The summed E-state index contributed by atoms with van der Waals surface area (Å²) >= 11 is 0. The van der Waals surface area contributed by atoms with Crippen molar-refractivity contribution in [3.8, 4) is 17.1 Å². The van der Waals surface area contributed by atoms with Crippen LogP contribution in [0.5, 0.6) is 5.75 Å². The molecule has 0 saturated carbocycles. The highest BCUT2D eigenvalue weighted by Gasteiger charge is 2.21. The number of hydrogen-bond donors (Lipinski definition) is 1. The van der Waals surface area contributed by atoms with Crippen molar-refractivity contribution >= 4 is 17.0 Å². The molecule has 0 spiro atoms. The quantitative estimate of drug-likeness (QED) is 0.487.